The number of benzene rings is 8. The molecular weight excluding hydrogens is 597 g/mol. The van der Waals surface area contributed by atoms with Gasteiger partial charge in [0.05, 0.1) is 22.1 Å². The van der Waals surface area contributed by atoms with E-state index in [0.717, 1.165) is 44.4 Å². The molecule has 0 spiro atoms. The lowest BCUT2D eigenvalue weighted by molar-refractivity contribution is 0.669. The van der Waals surface area contributed by atoms with E-state index < -0.39 is 0 Å². The van der Waals surface area contributed by atoms with E-state index in [1.807, 2.05) is 12.1 Å². The Hall–Kier alpha value is -6.58. The number of para-hydroxylation sites is 3. The van der Waals surface area contributed by atoms with E-state index >= 15 is 0 Å². The summed E-state index contributed by atoms with van der Waals surface area (Å²) in [7, 11) is 0. The van der Waals surface area contributed by atoms with Gasteiger partial charge in [-0.2, -0.15) is 0 Å². The highest BCUT2D eigenvalue weighted by atomic mass is 16.3. The first-order valence-corrected chi connectivity index (χ1v) is 16.8. The summed E-state index contributed by atoms with van der Waals surface area (Å²) in [5.74, 6) is 0. The van der Waals surface area contributed by atoms with Crippen molar-refractivity contribution in [2.24, 2.45) is 0 Å². The Kier molecular flexibility index (Phi) is 5.38. The molecule has 0 radical (unpaired) electrons. The van der Waals surface area contributed by atoms with E-state index in [0.29, 0.717) is 0 Å². The van der Waals surface area contributed by atoms with Crippen molar-refractivity contribution in [2.45, 2.75) is 0 Å². The molecule has 0 fully saturated rings. The van der Waals surface area contributed by atoms with Gasteiger partial charge in [-0.05, 0) is 76.5 Å². The molecule has 11 aromatic rings. The van der Waals surface area contributed by atoms with Gasteiger partial charge in [0.1, 0.15) is 11.2 Å². The number of hydrogen-bond acceptors (Lipinski definition) is 1. The van der Waals surface area contributed by atoms with Crippen LogP contribution in [0, 0.1) is 0 Å². The van der Waals surface area contributed by atoms with Crippen LogP contribution in [0.25, 0.3) is 98.8 Å². The van der Waals surface area contributed by atoms with Crippen LogP contribution >= 0.6 is 0 Å². The van der Waals surface area contributed by atoms with Crippen LogP contribution in [0.4, 0.5) is 0 Å². The molecule has 49 heavy (non-hydrogen) atoms. The lowest BCUT2D eigenvalue weighted by atomic mass is 10.0. The molecule has 0 unspecified atom stereocenters. The van der Waals surface area contributed by atoms with Gasteiger partial charge in [0, 0.05) is 43.7 Å². The summed E-state index contributed by atoms with van der Waals surface area (Å²) < 4.78 is 11.1. The molecular formula is C46H28N2O. The maximum atomic E-state index is 6.15. The molecule has 8 aromatic carbocycles. The molecule has 3 heteroatoms. The second kappa shape index (κ2) is 9.96. The van der Waals surface area contributed by atoms with E-state index in [4.69, 9.17) is 4.42 Å². The van der Waals surface area contributed by atoms with Crippen LogP contribution in [0.2, 0.25) is 0 Å². The van der Waals surface area contributed by atoms with E-state index in [-0.39, 0.29) is 0 Å². The van der Waals surface area contributed by atoms with Gasteiger partial charge in [-0.3, -0.25) is 0 Å². The maximum absolute atomic E-state index is 6.15. The third-order valence-electron chi connectivity index (χ3n) is 10.3. The fraction of sp³-hybridized carbons (Fsp3) is 0. The minimum absolute atomic E-state index is 0.910. The number of furan rings is 1. The second-order valence-corrected chi connectivity index (χ2v) is 13.0. The highest BCUT2D eigenvalue weighted by Crippen LogP contribution is 2.42. The normalized spacial score (nSPS) is 12.1. The molecule has 0 bridgehead atoms. The summed E-state index contributed by atoms with van der Waals surface area (Å²) in [5, 5.41) is 9.72. The van der Waals surface area contributed by atoms with Crippen LogP contribution in [0.3, 0.4) is 0 Å². The standard InChI is InChI=1S/C46H28N2O/c1-2-11-30-26-34(22-20-29(30)10-1)48-42-18-7-4-15-36(42)39-24-23-38-35-14-3-6-17-41(35)47(45(38)46(39)48)33-13-9-12-31(27-33)32-21-25-44-40(28-32)37-16-5-8-19-43(37)49-44/h1-28H. The summed E-state index contributed by atoms with van der Waals surface area (Å²) in [6, 6.07) is 61.4. The zero-order valence-electron chi connectivity index (χ0n) is 26.5. The molecule has 3 heterocycles. The third-order valence-corrected chi connectivity index (χ3v) is 10.3. The van der Waals surface area contributed by atoms with Gasteiger partial charge in [0.15, 0.2) is 0 Å². The average Bonchev–Trinajstić information content (AvgIpc) is 3.82. The Balaban J connectivity index is 1.23. The topological polar surface area (TPSA) is 23.0 Å². The van der Waals surface area contributed by atoms with E-state index in [1.54, 1.807) is 0 Å². The van der Waals surface area contributed by atoms with Gasteiger partial charge in [-0.1, -0.05) is 115 Å². The molecule has 0 N–H and O–H groups in total. The fourth-order valence-electron chi connectivity index (χ4n) is 8.08. The van der Waals surface area contributed by atoms with Crippen molar-refractivity contribution in [1.82, 2.24) is 9.13 Å². The number of fused-ring (bicyclic) bond motifs is 11. The van der Waals surface area contributed by atoms with E-state index in [1.165, 1.54) is 54.4 Å². The van der Waals surface area contributed by atoms with Crippen molar-refractivity contribution in [2.75, 3.05) is 0 Å². The van der Waals surface area contributed by atoms with Gasteiger partial charge in [0.2, 0.25) is 0 Å². The average molecular weight is 625 g/mol. The summed E-state index contributed by atoms with van der Waals surface area (Å²) >= 11 is 0. The fourth-order valence-corrected chi connectivity index (χ4v) is 8.08. The molecule has 11 rings (SSSR count). The molecule has 3 nitrogen and oxygen atoms in total. The van der Waals surface area contributed by atoms with Crippen LogP contribution in [0.15, 0.2) is 174 Å². The van der Waals surface area contributed by atoms with Gasteiger partial charge >= 0.3 is 0 Å². The van der Waals surface area contributed by atoms with E-state index in [2.05, 4.69) is 167 Å². The van der Waals surface area contributed by atoms with Gasteiger partial charge < -0.3 is 13.6 Å². The highest BCUT2D eigenvalue weighted by Gasteiger charge is 2.21. The van der Waals surface area contributed by atoms with Crippen LogP contribution in [-0.2, 0) is 0 Å². The maximum Gasteiger partial charge on any atom is 0.135 e. The quantitative estimate of drug-likeness (QED) is 0.192. The summed E-state index contributed by atoms with van der Waals surface area (Å²) in [6.07, 6.45) is 0. The summed E-state index contributed by atoms with van der Waals surface area (Å²) in [5.41, 5.74) is 11.2. The molecule has 0 aliphatic rings. The van der Waals surface area contributed by atoms with Crippen LogP contribution < -0.4 is 0 Å². The zero-order chi connectivity index (χ0) is 32.1. The molecule has 0 aliphatic heterocycles. The number of aromatic nitrogens is 2. The monoisotopic (exact) mass is 624 g/mol. The second-order valence-electron chi connectivity index (χ2n) is 13.0. The van der Waals surface area contributed by atoms with Crippen LogP contribution in [0.1, 0.15) is 0 Å². The van der Waals surface area contributed by atoms with Gasteiger partial charge in [-0.15, -0.1) is 0 Å². The molecule has 0 amide bonds. The molecule has 0 saturated heterocycles. The Labute approximate surface area is 281 Å². The third kappa shape index (κ3) is 3.78. The predicted molar refractivity (Wildman–Crippen MR) is 205 cm³/mol. The Morgan fingerprint density at radius 1 is 0.327 bits per heavy atom. The minimum Gasteiger partial charge on any atom is -0.456 e. The largest absolute Gasteiger partial charge is 0.456 e. The summed E-state index contributed by atoms with van der Waals surface area (Å²) in [6.45, 7) is 0. The first-order chi connectivity index (χ1) is 24.3. The van der Waals surface area contributed by atoms with Crippen molar-refractivity contribution in [3.8, 4) is 22.5 Å². The van der Waals surface area contributed by atoms with Crippen LogP contribution in [-0.4, -0.2) is 9.13 Å². The summed E-state index contributed by atoms with van der Waals surface area (Å²) in [4.78, 5) is 0. The van der Waals surface area contributed by atoms with Crippen LogP contribution in [0.5, 0.6) is 0 Å². The molecule has 0 aliphatic carbocycles. The smallest absolute Gasteiger partial charge is 0.135 e. The number of rotatable bonds is 3. The minimum atomic E-state index is 0.910. The SMILES string of the molecule is c1cc(-c2ccc3oc4ccccc4c3c2)cc(-n2c3ccccc3c3ccc4c5ccccc5n(-c5ccc6ccccc6c5)c4c32)c1. The Bertz CT molecular complexity index is 3120. The first kappa shape index (κ1) is 26.5. The molecule has 228 valence electrons. The Morgan fingerprint density at radius 2 is 0.918 bits per heavy atom. The lowest BCUT2D eigenvalue weighted by Crippen LogP contribution is -1.99. The first-order valence-electron chi connectivity index (χ1n) is 16.8. The van der Waals surface area contributed by atoms with Crippen molar-refractivity contribution >= 4 is 76.3 Å². The molecule has 0 atom stereocenters. The van der Waals surface area contributed by atoms with Crippen molar-refractivity contribution < 1.29 is 4.42 Å². The number of hydrogen-bond donors (Lipinski definition) is 0. The van der Waals surface area contributed by atoms with E-state index in [9.17, 15) is 0 Å². The van der Waals surface area contributed by atoms with Crippen molar-refractivity contribution in [3.05, 3.63) is 170 Å². The van der Waals surface area contributed by atoms with Crippen molar-refractivity contribution in [3.63, 3.8) is 0 Å². The van der Waals surface area contributed by atoms with Crippen molar-refractivity contribution in [1.29, 1.82) is 0 Å². The number of nitrogens with zero attached hydrogens (tertiary/aromatic N) is 2. The van der Waals surface area contributed by atoms with Gasteiger partial charge in [0.25, 0.3) is 0 Å². The zero-order valence-corrected chi connectivity index (χ0v) is 26.5. The highest BCUT2D eigenvalue weighted by molar-refractivity contribution is 6.24. The predicted octanol–water partition coefficient (Wildman–Crippen LogP) is 12.6. The molecule has 0 saturated carbocycles. The Morgan fingerprint density at radius 3 is 1.67 bits per heavy atom. The lowest BCUT2D eigenvalue weighted by Gasteiger charge is -2.14. The van der Waals surface area contributed by atoms with Gasteiger partial charge in [-0.25, -0.2) is 0 Å². The molecule has 3 aromatic heterocycles.